The molecule has 0 N–H and O–H groups in total. The van der Waals surface area contributed by atoms with Crippen molar-refractivity contribution in [1.82, 2.24) is 9.55 Å². The third kappa shape index (κ3) is 3.08. The highest BCUT2D eigenvalue weighted by Gasteiger charge is 2.21. The minimum Gasteiger partial charge on any atom is -0.292 e. The molecule has 164 valence electrons. The molecule has 0 bridgehead atoms. The fourth-order valence-electron chi connectivity index (χ4n) is 5.06. The summed E-state index contributed by atoms with van der Waals surface area (Å²) in [5, 5.41) is 4.01. The highest BCUT2D eigenvalue weighted by molar-refractivity contribution is 6.21. The molecule has 35 heavy (non-hydrogen) atoms. The second-order valence-electron chi connectivity index (χ2n) is 8.44. The summed E-state index contributed by atoms with van der Waals surface area (Å²) in [5.41, 5.74) is 4.46. The van der Waals surface area contributed by atoms with Crippen molar-refractivity contribution in [2.45, 2.75) is 0 Å². The van der Waals surface area contributed by atoms with Gasteiger partial charge in [0.15, 0.2) is 0 Å². The van der Waals surface area contributed by atoms with Crippen LogP contribution in [0.4, 0.5) is 0 Å². The van der Waals surface area contributed by atoms with Crippen LogP contribution in [0, 0.1) is 0 Å². The molecular formula is C33H22N2. The summed E-state index contributed by atoms with van der Waals surface area (Å²) in [6.07, 6.45) is 0. The van der Waals surface area contributed by atoms with Crippen LogP contribution in [0.15, 0.2) is 133 Å². The Hall–Kier alpha value is -4.69. The zero-order chi connectivity index (χ0) is 27.5. The number of rotatable bonds is 3. The average Bonchev–Trinajstić information content (AvgIpc) is 3.37. The molecule has 0 amide bonds. The lowest BCUT2D eigenvalue weighted by molar-refractivity contribution is 1.11. The van der Waals surface area contributed by atoms with Gasteiger partial charge in [0.25, 0.3) is 0 Å². The lowest BCUT2D eigenvalue weighted by atomic mass is 9.88. The average molecular weight is 452 g/mol. The van der Waals surface area contributed by atoms with Crippen molar-refractivity contribution < 1.29 is 6.85 Å². The van der Waals surface area contributed by atoms with Gasteiger partial charge in [0.2, 0.25) is 0 Å². The second kappa shape index (κ2) is 7.96. The van der Waals surface area contributed by atoms with E-state index in [-0.39, 0.29) is 29.9 Å². The van der Waals surface area contributed by atoms with Crippen molar-refractivity contribution in [1.29, 1.82) is 0 Å². The van der Waals surface area contributed by atoms with E-state index < -0.39 is 6.04 Å². The van der Waals surface area contributed by atoms with E-state index in [9.17, 15) is 0 Å². The van der Waals surface area contributed by atoms with Crippen LogP contribution in [-0.2, 0) is 0 Å². The third-order valence-electron chi connectivity index (χ3n) is 6.49. The van der Waals surface area contributed by atoms with Crippen LogP contribution >= 0.6 is 0 Å². The van der Waals surface area contributed by atoms with Gasteiger partial charge in [-0.15, -0.1) is 0 Å². The molecule has 7 aromatic rings. The molecule has 6 aromatic carbocycles. The Balaban J connectivity index is 1.70. The summed E-state index contributed by atoms with van der Waals surface area (Å²) < 4.78 is 44.2. The van der Waals surface area contributed by atoms with Crippen LogP contribution in [0.3, 0.4) is 0 Å². The van der Waals surface area contributed by atoms with E-state index in [1.807, 2.05) is 66.7 Å². The molecule has 1 aromatic heterocycles. The SMILES string of the molecule is [2H]c1c([2H])c([2H])c(-n2c(-c3c4ccccc4c(-c4ccccc4)c4ccccc34)nc3ccccc32)c([2H])c1[2H]. The van der Waals surface area contributed by atoms with Crippen molar-refractivity contribution >= 4 is 32.6 Å². The maximum atomic E-state index is 8.80. The van der Waals surface area contributed by atoms with Gasteiger partial charge in [0.05, 0.1) is 17.9 Å². The van der Waals surface area contributed by atoms with E-state index in [0.29, 0.717) is 16.9 Å². The predicted octanol–water partition coefficient (Wildman–Crippen LogP) is 8.67. The van der Waals surface area contributed by atoms with Crippen molar-refractivity contribution in [3.8, 4) is 28.2 Å². The lowest BCUT2D eigenvalue weighted by Crippen LogP contribution is -1.99. The summed E-state index contributed by atoms with van der Waals surface area (Å²) in [5.74, 6) is 0.520. The first-order chi connectivity index (χ1) is 19.5. The van der Waals surface area contributed by atoms with Gasteiger partial charge in [-0.1, -0.05) is 109 Å². The first-order valence-corrected chi connectivity index (χ1v) is 11.5. The van der Waals surface area contributed by atoms with E-state index in [1.54, 1.807) is 4.57 Å². The van der Waals surface area contributed by atoms with E-state index >= 15 is 0 Å². The van der Waals surface area contributed by atoms with E-state index in [0.717, 1.165) is 38.2 Å². The lowest BCUT2D eigenvalue weighted by Gasteiger charge is -2.18. The maximum Gasteiger partial charge on any atom is 0.146 e. The molecule has 0 atom stereocenters. The monoisotopic (exact) mass is 451 g/mol. The third-order valence-corrected chi connectivity index (χ3v) is 6.49. The second-order valence-corrected chi connectivity index (χ2v) is 8.44. The van der Waals surface area contributed by atoms with Gasteiger partial charge in [-0.05, 0) is 56.9 Å². The van der Waals surface area contributed by atoms with Crippen molar-refractivity contribution in [3.63, 3.8) is 0 Å². The Kier molecular flexibility index (Phi) is 3.47. The summed E-state index contributed by atoms with van der Waals surface area (Å²) in [6.45, 7) is 0. The Morgan fingerprint density at radius 1 is 0.543 bits per heavy atom. The standard InChI is InChI=1S/C33H22N2/c1-3-13-23(14-4-1)31-25-17-7-9-19-27(25)32(28-20-10-8-18-26(28)31)33-34-29-21-11-12-22-30(29)35(33)24-15-5-2-6-16-24/h1-22H/i2D,5D,6D,15D,16D. The molecule has 0 aliphatic rings. The molecule has 0 saturated heterocycles. The quantitative estimate of drug-likeness (QED) is 0.246. The topological polar surface area (TPSA) is 17.8 Å². The Bertz CT molecular complexity index is 2030. The molecule has 7 rings (SSSR count). The number of fused-ring (bicyclic) bond motifs is 3. The zero-order valence-corrected chi connectivity index (χ0v) is 18.7. The van der Waals surface area contributed by atoms with Gasteiger partial charge in [0.1, 0.15) is 5.82 Å². The summed E-state index contributed by atoms with van der Waals surface area (Å²) in [4.78, 5) is 5.05. The Labute approximate surface area is 210 Å². The maximum absolute atomic E-state index is 8.80. The number of aromatic nitrogens is 2. The van der Waals surface area contributed by atoms with Gasteiger partial charge >= 0.3 is 0 Å². The summed E-state index contributed by atoms with van der Waals surface area (Å²) in [6, 6.07) is 32.4. The number of imidazole rings is 1. The molecule has 0 aliphatic carbocycles. The van der Waals surface area contributed by atoms with Gasteiger partial charge in [-0.25, -0.2) is 4.98 Å². The number of hydrogen-bond acceptors (Lipinski definition) is 1. The largest absolute Gasteiger partial charge is 0.292 e. The molecular weight excluding hydrogens is 424 g/mol. The Morgan fingerprint density at radius 3 is 1.74 bits per heavy atom. The van der Waals surface area contributed by atoms with E-state index in [2.05, 4.69) is 36.4 Å². The Morgan fingerprint density at radius 2 is 1.09 bits per heavy atom. The number of para-hydroxylation sites is 3. The molecule has 2 nitrogen and oxygen atoms in total. The molecule has 0 fully saturated rings. The molecule has 0 radical (unpaired) electrons. The summed E-state index contributed by atoms with van der Waals surface area (Å²) >= 11 is 0. The van der Waals surface area contributed by atoms with Crippen molar-refractivity contribution in [3.05, 3.63) is 133 Å². The van der Waals surface area contributed by atoms with Crippen molar-refractivity contribution in [2.24, 2.45) is 0 Å². The minimum atomic E-state index is -0.423. The van der Waals surface area contributed by atoms with Gasteiger partial charge in [-0.3, -0.25) is 4.57 Å². The highest BCUT2D eigenvalue weighted by atomic mass is 15.1. The predicted molar refractivity (Wildman–Crippen MR) is 147 cm³/mol. The first-order valence-electron chi connectivity index (χ1n) is 14.0. The number of nitrogens with zero attached hydrogens (tertiary/aromatic N) is 2. The number of hydrogen-bond donors (Lipinski definition) is 0. The molecule has 1 heterocycles. The molecule has 2 heteroatoms. The van der Waals surface area contributed by atoms with E-state index in [1.165, 1.54) is 0 Å². The molecule has 0 unspecified atom stereocenters. The molecule has 0 saturated carbocycles. The normalized spacial score (nSPS) is 13.4. The molecule has 0 aliphatic heterocycles. The van der Waals surface area contributed by atoms with Gasteiger partial charge < -0.3 is 0 Å². The van der Waals surface area contributed by atoms with Crippen LogP contribution in [0.5, 0.6) is 0 Å². The van der Waals surface area contributed by atoms with Crippen LogP contribution in [0.25, 0.3) is 60.8 Å². The fourth-order valence-corrected chi connectivity index (χ4v) is 5.06. The zero-order valence-electron chi connectivity index (χ0n) is 23.7. The van der Waals surface area contributed by atoms with Crippen LogP contribution in [-0.4, -0.2) is 9.55 Å². The van der Waals surface area contributed by atoms with Crippen molar-refractivity contribution in [2.75, 3.05) is 0 Å². The van der Waals surface area contributed by atoms with Gasteiger partial charge in [-0.2, -0.15) is 0 Å². The minimum absolute atomic E-state index is 0.0787. The van der Waals surface area contributed by atoms with E-state index in [4.69, 9.17) is 11.8 Å². The van der Waals surface area contributed by atoms with Crippen LogP contribution in [0.2, 0.25) is 0 Å². The summed E-state index contributed by atoms with van der Waals surface area (Å²) in [7, 11) is 0. The first kappa shape index (κ1) is 15.3. The van der Waals surface area contributed by atoms with Gasteiger partial charge in [0, 0.05) is 11.3 Å². The number of benzene rings is 6. The fraction of sp³-hybridized carbons (Fsp3) is 0. The van der Waals surface area contributed by atoms with Crippen LogP contribution < -0.4 is 0 Å². The highest BCUT2D eigenvalue weighted by Crippen LogP contribution is 2.44. The van der Waals surface area contributed by atoms with Crippen LogP contribution in [0.1, 0.15) is 6.85 Å². The smallest absolute Gasteiger partial charge is 0.146 e. The molecule has 0 spiro atoms.